The summed E-state index contributed by atoms with van der Waals surface area (Å²) in [5.41, 5.74) is 2.03. The molecule has 2 N–H and O–H groups in total. The van der Waals surface area contributed by atoms with Crippen LogP contribution in [0.25, 0.3) is 0 Å². The summed E-state index contributed by atoms with van der Waals surface area (Å²) in [5.74, 6) is 0.506. The number of hydrogen-bond acceptors (Lipinski definition) is 4. The first kappa shape index (κ1) is 19.3. The number of rotatable bonds is 7. The number of carbonyl (C=O) groups is 2. The molecule has 0 radical (unpaired) electrons. The molecule has 0 saturated heterocycles. The van der Waals surface area contributed by atoms with Gasteiger partial charge in [0.05, 0.1) is 12.6 Å². The molecule has 0 unspecified atom stereocenters. The fraction of sp³-hybridized carbons (Fsp3) is 0.300. The van der Waals surface area contributed by atoms with Gasteiger partial charge in [-0.15, -0.1) is 0 Å². The second-order valence-electron chi connectivity index (χ2n) is 6.37. The second-order valence-corrected chi connectivity index (χ2v) is 6.37. The van der Waals surface area contributed by atoms with Gasteiger partial charge in [-0.25, -0.2) is 0 Å². The van der Waals surface area contributed by atoms with Gasteiger partial charge < -0.3 is 20.3 Å². The number of amides is 2. The summed E-state index contributed by atoms with van der Waals surface area (Å²) in [6, 6.07) is 14.3. The van der Waals surface area contributed by atoms with Crippen LogP contribution < -0.4 is 15.4 Å². The van der Waals surface area contributed by atoms with E-state index >= 15 is 0 Å². The van der Waals surface area contributed by atoms with Crippen molar-refractivity contribution in [1.29, 1.82) is 0 Å². The van der Waals surface area contributed by atoms with Gasteiger partial charge in [0, 0.05) is 37.1 Å². The number of hydrogen-bond donors (Lipinski definition) is 2. The van der Waals surface area contributed by atoms with Crippen molar-refractivity contribution >= 4 is 23.2 Å². The smallest absolute Gasteiger partial charge is 0.253 e. The monoisotopic (exact) mass is 355 g/mol. The first-order valence-electron chi connectivity index (χ1n) is 8.47. The van der Waals surface area contributed by atoms with Crippen molar-refractivity contribution in [2.24, 2.45) is 0 Å². The van der Waals surface area contributed by atoms with Crippen LogP contribution in [0.4, 0.5) is 11.4 Å². The molecule has 0 aliphatic rings. The molecular formula is C20H25N3O3. The fourth-order valence-electron chi connectivity index (χ4n) is 2.29. The van der Waals surface area contributed by atoms with E-state index < -0.39 is 0 Å². The molecular weight excluding hydrogens is 330 g/mol. The predicted molar refractivity (Wildman–Crippen MR) is 104 cm³/mol. The van der Waals surface area contributed by atoms with Crippen molar-refractivity contribution in [3.8, 4) is 5.75 Å². The Hall–Kier alpha value is -3.02. The number of benzene rings is 2. The Labute approximate surface area is 154 Å². The quantitative estimate of drug-likeness (QED) is 0.800. The zero-order valence-corrected chi connectivity index (χ0v) is 15.6. The van der Waals surface area contributed by atoms with Gasteiger partial charge >= 0.3 is 0 Å². The molecule has 0 heterocycles. The molecule has 2 amide bonds. The van der Waals surface area contributed by atoms with E-state index in [1.54, 1.807) is 38.4 Å². The van der Waals surface area contributed by atoms with E-state index in [-0.39, 0.29) is 24.5 Å². The Morgan fingerprint density at radius 3 is 2.35 bits per heavy atom. The Balaban J connectivity index is 1.88. The topological polar surface area (TPSA) is 70.7 Å². The number of ether oxygens (including phenoxy) is 1. The molecule has 6 nitrogen and oxygen atoms in total. The highest BCUT2D eigenvalue weighted by atomic mass is 16.5. The molecule has 138 valence electrons. The molecule has 0 aromatic heterocycles. The standard InChI is InChI=1S/C20H25N3O3/c1-14(2)26-18-7-5-6-17(12-18)21-13-19(24)22-16-10-8-15(9-11-16)20(25)23(3)4/h5-12,14,21H,13H2,1-4H3,(H,22,24). The van der Waals surface area contributed by atoms with Crippen LogP contribution in [0, 0.1) is 0 Å². The normalized spacial score (nSPS) is 10.3. The average Bonchev–Trinajstić information content (AvgIpc) is 2.60. The summed E-state index contributed by atoms with van der Waals surface area (Å²) in [7, 11) is 3.40. The Kier molecular flexibility index (Phi) is 6.60. The molecule has 2 aromatic rings. The lowest BCUT2D eigenvalue weighted by atomic mass is 10.2. The van der Waals surface area contributed by atoms with E-state index in [1.165, 1.54) is 4.90 Å². The van der Waals surface area contributed by atoms with Gasteiger partial charge in [0.1, 0.15) is 5.75 Å². The minimum absolute atomic E-state index is 0.0759. The van der Waals surface area contributed by atoms with E-state index in [1.807, 2.05) is 38.1 Å². The zero-order chi connectivity index (χ0) is 19.1. The van der Waals surface area contributed by atoms with E-state index in [4.69, 9.17) is 4.74 Å². The van der Waals surface area contributed by atoms with Crippen LogP contribution in [0.2, 0.25) is 0 Å². The Bertz CT molecular complexity index is 755. The van der Waals surface area contributed by atoms with Crippen LogP contribution in [0.1, 0.15) is 24.2 Å². The third kappa shape index (κ3) is 5.81. The molecule has 26 heavy (non-hydrogen) atoms. The van der Waals surface area contributed by atoms with Crippen molar-refractivity contribution < 1.29 is 14.3 Å². The highest BCUT2D eigenvalue weighted by Crippen LogP contribution is 2.18. The van der Waals surface area contributed by atoms with Gasteiger partial charge in [0.15, 0.2) is 0 Å². The van der Waals surface area contributed by atoms with Crippen molar-refractivity contribution in [3.05, 3.63) is 54.1 Å². The van der Waals surface area contributed by atoms with Crippen LogP contribution in [0.3, 0.4) is 0 Å². The Morgan fingerprint density at radius 2 is 1.73 bits per heavy atom. The summed E-state index contributed by atoms with van der Waals surface area (Å²) in [6.07, 6.45) is 0.0934. The first-order valence-corrected chi connectivity index (χ1v) is 8.47. The molecule has 0 bridgehead atoms. The molecule has 0 saturated carbocycles. The fourth-order valence-corrected chi connectivity index (χ4v) is 2.29. The summed E-state index contributed by atoms with van der Waals surface area (Å²) in [4.78, 5) is 25.5. The summed E-state index contributed by atoms with van der Waals surface area (Å²) < 4.78 is 5.63. The molecule has 2 aromatic carbocycles. The van der Waals surface area contributed by atoms with Crippen molar-refractivity contribution in [2.45, 2.75) is 20.0 Å². The number of nitrogens with one attached hydrogen (secondary N) is 2. The molecule has 2 rings (SSSR count). The minimum Gasteiger partial charge on any atom is -0.491 e. The molecule has 0 atom stereocenters. The SMILES string of the molecule is CC(C)Oc1cccc(NCC(=O)Nc2ccc(C(=O)N(C)C)cc2)c1. The summed E-state index contributed by atoms with van der Waals surface area (Å²) in [6.45, 7) is 4.05. The van der Waals surface area contributed by atoms with Crippen LogP contribution in [-0.4, -0.2) is 43.5 Å². The van der Waals surface area contributed by atoms with E-state index in [0.29, 0.717) is 11.3 Å². The molecule has 0 aliphatic carbocycles. The lowest BCUT2D eigenvalue weighted by molar-refractivity contribution is -0.114. The second kappa shape index (κ2) is 8.89. The van der Waals surface area contributed by atoms with E-state index in [0.717, 1.165) is 11.4 Å². The van der Waals surface area contributed by atoms with Crippen LogP contribution in [-0.2, 0) is 4.79 Å². The van der Waals surface area contributed by atoms with Crippen LogP contribution in [0.15, 0.2) is 48.5 Å². The molecule has 0 fully saturated rings. The minimum atomic E-state index is -0.174. The maximum atomic E-state index is 12.1. The van der Waals surface area contributed by atoms with Crippen molar-refractivity contribution in [1.82, 2.24) is 4.90 Å². The Morgan fingerprint density at radius 1 is 1.04 bits per heavy atom. The van der Waals surface area contributed by atoms with Crippen LogP contribution in [0.5, 0.6) is 5.75 Å². The molecule has 0 aliphatic heterocycles. The largest absolute Gasteiger partial charge is 0.491 e. The summed E-state index contributed by atoms with van der Waals surface area (Å²) >= 11 is 0. The van der Waals surface area contributed by atoms with Gasteiger partial charge in [-0.1, -0.05) is 6.07 Å². The van der Waals surface area contributed by atoms with Crippen LogP contribution >= 0.6 is 0 Å². The highest BCUT2D eigenvalue weighted by Gasteiger charge is 2.08. The van der Waals surface area contributed by atoms with E-state index in [9.17, 15) is 9.59 Å². The lowest BCUT2D eigenvalue weighted by Gasteiger charge is -2.12. The van der Waals surface area contributed by atoms with Gasteiger partial charge in [-0.2, -0.15) is 0 Å². The zero-order valence-electron chi connectivity index (χ0n) is 15.6. The van der Waals surface area contributed by atoms with E-state index in [2.05, 4.69) is 10.6 Å². The van der Waals surface area contributed by atoms with Gasteiger partial charge in [0.25, 0.3) is 5.91 Å². The number of anilines is 2. The lowest BCUT2D eigenvalue weighted by Crippen LogP contribution is -2.23. The third-order valence-electron chi connectivity index (χ3n) is 3.48. The van der Waals surface area contributed by atoms with Crippen molar-refractivity contribution in [3.63, 3.8) is 0 Å². The van der Waals surface area contributed by atoms with Gasteiger partial charge in [-0.05, 0) is 50.2 Å². The average molecular weight is 355 g/mol. The number of nitrogens with zero attached hydrogens (tertiary/aromatic N) is 1. The van der Waals surface area contributed by atoms with Gasteiger partial charge in [0.2, 0.25) is 5.91 Å². The molecule has 6 heteroatoms. The summed E-state index contributed by atoms with van der Waals surface area (Å²) in [5, 5.41) is 5.87. The number of carbonyl (C=O) groups excluding carboxylic acids is 2. The van der Waals surface area contributed by atoms with Gasteiger partial charge in [-0.3, -0.25) is 9.59 Å². The predicted octanol–water partition coefficient (Wildman–Crippen LogP) is 3.23. The molecule has 0 spiro atoms. The maximum absolute atomic E-state index is 12.1. The maximum Gasteiger partial charge on any atom is 0.253 e. The highest BCUT2D eigenvalue weighted by molar-refractivity contribution is 5.96. The van der Waals surface area contributed by atoms with Crippen molar-refractivity contribution in [2.75, 3.05) is 31.3 Å². The third-order valence-corrected chi connectivity index (χ3v) is 3.48. The first-order chi connectivity index (χ1) is 12.3.